The van der Waals surface area contributed by atoms with Gasteiger partial charge in [-0.25, -0.2) is 14.6 Å². The Hall–Kier alpha value is -3.94. The summed E-state index contributed by atoms with van der Waals surface area (Å²) in [7, 11) is 0. The first-order valence-corrected chi connectivity index (χ1v) is 8.64. The smallest absolute Gasteiger partial charge is 0.275 e. The fraction of sp³-hybridized carbons (Fsp3) is 0.100. The van der Waals surface area contributed by atoms with Crippen LogP contribution in [0.15, 0.2) is 61.3 Å². The topological polar surface area (TPSA) is 98.5 Å². The molecule has 8 nitrogen and oxygen atoms in total. The summed E-state index contributed by atoms with van der Waals surface area (Å²) in [4.78, 5) is 30.1. The van der Waals surface area contributed by atoms with Crippen LogP contribution in [0, 0.1) is 13.8 Å². The normalized spacial score (nSPS) is 10.6. The predicted molar refractivity (Wildman–Crippen MR) is 104 cm³/mol. The third-order valence-corrected chi connectivity index (χ3v) is 4.11. The lowest BCUT2D eigenvalue weighted by molar-refractivity contribution is 0.101. The van der Waals surface area contributed by atoms with Crippen molar-refractivity contribution >= 4 is 11.7 Å². The van der Waals surface area contributed by atoms with Crippen LogP contribution in [0.4, 0.5) is 5.82 Å². The van der Waals surface area contributed by atoms with Crippen molar-refractivity contribution in [1.82, 2.24) is 29.7 Å². The van der Waals surface area contributed by atoms with E-state index in [1.165, 1.54) is 4.68 Å². The zero-order valence-corrected chi connectivity index (χ0v) is 15.4. The number of hydrogen-bond acceptors (Lipinski definition) is 6. The summed E-state index contributed by atoms with van der Waals surface area (Å²) in [6.07, 6.45) is 8.29. The van der Waals surface area contributed by atoms with Gasteiger partial charge in [0.05, 0.1) is 18.1 Å². The highest BCUT2D eigenvalue weighted by atomic mass is 16.2. The number of nitrogens with zero attached hydrogens (tertiary/aromatic N) is 6. The van der Waals surface area contributed by atoms with Gasteiger partial charge in [0.15, 0.2) is 5.82 Å². The number of anilines is 1. The van der Waals surface area contributed by atoms with Crippen LogP contribution in [0.25, 0.3) is 17.2 Å². The average Bonchev–Trinajstić information content (AvgIpc) is 3.21. The number of pyridine rings is 2. The van der Waals surface area contributed by atoms with Gasteiger partial charge in [0, 0.05) is 24.2 Å². The van der Waals surface area contributed by atoms with Gasteiger partial charge >= 0.3 is 0 Å². The van der Waals surface area contributed by atoms with Crippen molar-refractivity contribution in [3.05, 3.63) is 78.1 Å². The van der Waals surface area contributed by atoms with Crippen molar-refractivity contribution in [3.63, 3.8) is 0 Å². The highest BCUT2D eigenvalue weighted by Gasteiger charge is 2.16. The molecule has 0 radical (unpaired) electrons. The fourth-order valence-electron chi connectivity index (χ4n) is 2.62. The van der Waals surface area contributed by atoms with Gasteiger partial charge in [-0.3, -0.25) is 14.8 Å². The van der Waals surface area contributed by atoms with E-state index in [9.17, 15) is 4.79 Å². The zero-order valence-electron chi connectivity index (χ0n) is 15.4. The number of hydrogen-bond donors (Lipinski definition) is 1. The van der Waals surface area contributed by atoms with Crippen molar-refractivity contribution in [2.45, 2.75) is 13.8 Å². The Morgan fingerprint density at radius 1 is 1.00 bits per heavy atom. The van der Waals surface area contributed by atoms with Gasteiger partial charge in [0.2, 0.25) is 0 Å². The van der Waals surface area contributed by atoms with Crippen LogP contribution in [0.3, 0.4) is 0 Å². The van der Waals surface area contributed by atoms with E-state index in [2.05, 4.69) is 30.4 Å². The Kier molecular flexibility index (Phi) is 4.59. The second-order valence-corrected chi connectivity index (χ2v) is 6.24. The molecule has 0 atom stereocenters. The minimum Gasteiger partial charge on any atom is -0.305 e. The van der Waals surface area contributed by atoms with E-state index in [1.807, 2.05) is 32.0 Å². The van der Waals surface area contributed by atoms with Crippen molar-refractivity contribution in [1.29, 1.82) is 0 Å². The zero-order chi connectivity index (χ0) is 19.5. The summed E-state index contributed by atoms with van der Waals surface area (Å²) in [6, 6.07) is 9.04. The van der Waals surface area contributed by atoms with Crippen molar-refractivity contribution in [2.75, 3.05) is 5.32 Å². The number of rotatable bonds is 4. The van der Waals surface area contributed by atoms with Crippen LogP contribution in [-0.2, 0) is 0 Å². The van der Waals surface area contributed by atoms with E-state index in [0.717, 1.165) is 11.1 Å². The monoisotopic (exact) mass is 371 g/mol. The third kappa shape index (κ3) is 3.48. The Morgan fingerprint density at radius 3 is 2.64 bits per heavy atom. The number of aromatic nitrogens is 6. The molecule has 0 fully saturated rings. The minimum atomic E-state index is -0.328. The van der Waals surface area contributed by atoms with Crippen LogP contribution < -0.4 is 5.32 Å². The summed E-state index contributed by atoms with van der Waals surface area (Å²) >= 11 is 0. The molecule has 0 bridgehead atoms. The van der Waals surface area contributed by atoms with Gasteiger partial charge in [-0.1, -0.05) is 6.07 Å². The molecule has 4 aromatic rings. The number of carbonyl (C=O) groups excluding carboxylic acids is 1. The Balaban J connectivity index is 1.63. The number of carbonyl (C=O) groups is 1. The molecule has 0 aromatic carbocycles. The molecule has 0 saturated heterocycles. The highest BCUT2D eigenvalue weighted by Crippen LogP contribution is 2.18. The van der Waals surface area contributed by atoms with Crippen LogP contribution in [-0.4, -0.2) is 35.6 Å². The molecule has 4 heterocycles. The molecule has 4 rings (SSSR count). The predicted octanol–water partition coefficient (Wildman–Crippen LogP) is 2.99. The maximum Gasteiger partial charge on any atom is 0.275 e. The molecule has 28 heavy (non-hydrogen) atoms. The number of nitrogens with one attached hydrogen (secondary N) is 1. The van der Waals surface area contributed by atoms with E-state index < -0.39 is 0 Å². The van der Waals surface area contributed by atoms with Crippen molar-refractivity contribution < 1.29 is 4.79 Å². The van der Waals surface area contributed by atoms with E-state index >= 15 is 0 Å². The first-order chi connectivity index (χ1) is 13.6. The molecule has 1 N–H and O–H groups in total. The second kappa shape index (κ2) is 7.36. The lowest BCUT2D eigenvalue weighted by Crippen LogP contribution is -2.18. The van der Waals surface area contributed by atoms with Crippen molar-refractivity contribution in [3.8, 4) is 17.2 Å². The van der Waals surface area contributed by atoms with E-state index in [1.54, 1.807) is 43.1 Å². The SMILES string of the molecule is Cc1ccc(-c2ncc(C)c(NC(=O)c3ccnn3-c3cccnc3)n2)nc1. The van der Waals surface area contributed by atoms with Gasteiger partial charge in [-0.05, 0) is 43.7 Å². The summed E-state index contributed by atoms with van der Waals surface area (Å²) in [5.74, 6) is 0.545. The fourth-order valence-corrected chi connectivity index (χ4v) is 2.62. The van der Waals surface area contributed by atoms with Crippen LogP contribution >= 0.6 is 0 Å². The molecular formula is C20H17N7O. The Bertz CT molecular complexity index is 1120. The van der Waals surface area contributed by atoms with Crippen molar-refractivity contribution in [2.24, 2.45) is 0 Å². The highest BCUT2D eigenvalue weighted by molar-refractivity contribution is 6.03. The number of amides is 1. The molecule has 0 spiro atoms. The van der Waals surface area contributed by atoms with Gasteiger partial charge < -0.3 is 5.32 Å². The van der Waals surface area contributed by atoms with Crippen LogP contribution in [0.2, 0.25) is 0 Å². The van der Waals surface area contributed by atoms with Gasteiger partial charge in [-0.15, -0.1) is 0 Å². The van der Waals surface area contributed by atoms with E-state index in [0.29, 0.717) is 28.7 Å². The standard InChI is InChI=1S/C20H17N7O/c1-13-5-6-16(22-10-13)19-23-11-14(2)18(25-19)26-20(28)17-7-9-24-27(17)15-4-3-8-21-12-15/h3-12H,1-2H3,(H,23,25,26,28). The Morgan fingerprint density at radius 2 is 1.89 bits per heavy atom. The molecule has 8 heteroatoms. The van der Waals surface area contributed by atoms with Gasteiger partial charge in [-0.2, -0.15) is 5.10 Å². The first kappa shape index (κ1) is 17.5. The molecule has 138 valence electrons. The maximum atomic E-state index is 12.8. The molecule has 1 amide bonds. The molecule has 0 aliphatic carbocycles. The lowest BCUT2D eigenvalue weighted by atomic mass is 10.2. The molecule has 0 aliphatic rings. The molecule has 4 aromatic heterocycles. The van der Waals surface area contributed by atoms with Crippen LogP contribution in [0.1, 0.15) is 21.6 Å². The molecule has 0 aliphatic heterocycles. The molecule has 0 saturated carbocycles. The van der Waals surface area contributed by atoms with Gasteiger partial charge in [0.25, 0.3) is 5.91 Å². The van der Waals surface area contributed by atoms with Crippen LogP contribution in [0.5, 0.6) is 0 Å². The van der Waals surface area contributed by atoms with E-state index in [4.69, 9.17) is 0 Å². The Labute approximate surface area is 161 Å². The first-order valence-electron chi connectivity index (χ1n) is 8.64. The number of aryl methyl sites for hydroxylation is 2. The summed E-state index contributed by atoms with van der Waals surface area (Å²) in [5, 5.41) is 7.06. The summed E-state index contributed by atoms with van der Waals surface area (Å²) in [6.45, 7) is 3.80. The largest absolute Gasteiger partial charge is 0.305 e. The molecule has 0 unspecified atom stereocenters. The molecular weight excluding hydrogens is 354 g/mol. The summed E-state index contributed by atoms with van der Waals surface area (Å²) < 4.78 is 1.53. The van der Waals surface area contributed by atoms with Gasteiger partial charge in [0.1, 0.15) is 17.2 Å². The lowest BCUT2D eigenvalue weighted by Gasteiger charge is -2.10. The quantitative estimate of drug-likeness (QED) is 0.592. The second-order valence-electron chi connectivity index (χ2n) is 6.24. The average molecular weight is 371 g/mol. The maximum absolute atomic E-state index is 12.8. The summed E-state index contributed by atoms with van der Waals surface area (Å²) in [5.41, 5.74) is 3.51. The third-order valence-electron chi connectivity index (χ3n) is 4.11. The van der Waals surface area contributed by atoms with E-state index in [-0.39, 0.29) is 5.91 Å². The minimum absolute atomic E-state index is 0.328.